The summed E-state index contributed by atoms with van der Waals surface area (Å²) in [6, 6.07) is 19.7. The van der Waals surface area contributed by atoms with Crippen LogP contribution >= 0.6 is 11.9 Å². The summed E-state index contributed by atoms with van der Waals surface area (Å²) in [5.41, 5.74) is 3.64. The van der Waals surface area contributed by atoms with Gasteiger partial charge in [0.2, 0.25) is 5.91 Å². The summed E-state index contributed by atoms with van der Waals surface area (Å²) in [5, 5.41) is 3.09. The van der Waals surface area contributed by atoms with Gasteiger partial charge >= 0.3 is 6.18 Å². The van der Waals surface area contributed by atoms with Crippen LogP contribution in [-0.2, 0) is 18.0 Å². The lowest BCUT2D eigenvalue weighted by molar-refractivity contribution is -0.137. The second kappa shape index (κ2) is 12.5. The molecule has 4 aromatic rings. The van der Waals surface area contributed by atoms with Crippen LogP contribution in [-0.4, -0.2) is 35.2 Å². The second-order valence-electron chi connectivity index (χ2n) is 11.5. The Morgan fingerprint density at radius 2 is 1.79 bits per heavy atom. The standard InChI is InChI=1S/C33H37F3N4O2S/c1-20-24(19-42-28-12-8-25(9-13-28)33(34,35)36)16-26(38-22(3)41)17-30(20)23-6-10-27(11-7-23)40(5)43-29-14-15-32-31(18-29)37-21(2)39(32)4/h6-15,18,20,24,26,30H,16-17,19H2,1-5H3,(H,38,41)/t20-,24?,26+,30?/m0/s1. The molecule has 0 aliphatic heterocycles. The SMILES string of the molecule is CC(=O)N[C@@H]1CC(COc2ccc(C(F)(F)F)cc2)[C@H](C)C(c2ccc(N(C)Sc3ccc4c(c3)nc(C)n4C)cc2)C1. The number of aryl methyl sites for hydroxylation is 2. The van der Waals surface area contributed by atoms with Gasteiger partial charge in [-0.3, -0.25) is 4.79 Å². The number of anilines is 1. The number of nitrogens with zero attached hydrogens (tertiary/aromatic N) is 3. The van der Waals surface area contributed by atoms with Crippen LogP contribution in [0, 0.1) is 18.8 Å². The highest BCUT2D eigenvalue weighted by Crippen LogP contribution is 2.42. The van der Waals surface area contributed by atoms with E-state index in [1.165, 1.54) is 24.6 Å². The summed E-state index contributed by atoms with van der Waals surface area (Å²) in [6.45, 7) is 6.08. The summed E-state index contributed by atoms with van der Waals surface area (Å²) < 4.78 is 49.0. The first-order valence-electron chi connectivity index (χ1n) is 14.4. The molecule has 1 fully saturated rings. The van der Waals surface area contributed by atoms with E-state index in [2.05, 4.69) is 68.6 Å². The van der Waals surface area contributed by atoms with E-state index in [-0.39, 0.29) is 29.7 Å². The van der Waals surface area contributed by atoms with Crippen LogP contribution in [0.4, 0.5) is 18.9 Å². The van der Waals surface area contributed by atoms with Crippen LogP contribution in [0.5, 0.6) is 5.75 Å². The number of carbonyl (C=O) groups is 1. The summed E-state index contributed by atoms with van der Waals surface area (Å²) in [7, 11) is 4.06. The molecule has 1 saturated carbocycles. The minimum Gasteiger partial charge on any atom is -0.493 e. The Balaban J connectivity index is 1.27. The van der Waals surface area contributed by atoms with E-state index in [9.17, 15) is 18.0 Å². The van der Waals surface area contributed by atoms with Crippen LogP contribution in [0.3, 0.4) is 0 Å². The molecule has 0 bridgehead atoms. The maximum Gasteiger partial charge on any atom is 0.416 e. The topological polar surface area (TPSA) is 59.4 Å². The normalized spacial score (nSPS) is 20.7. The van der Waals surface area contributed by atoms with Gasteiger partial charge in [0.25, 0.3) is 0 Å². The average molecular weight is 611 g/mol. The molecular formula is C33H37F3N4O2S. The number of carbonyl (C=O) groups excluding carboxylic acids is 1. The van der Waals surface area contributed by atoms with Crippen LogP contribution in [0.15, 0.2) is 71.6 Å². The lowest BCUT2D eigenvalue weighted by Gasteiger charge is -2.41. The summed E-state index contributed by atoms with van der Waals surface area (Å²) in [5.74, 6) is 1.85. The minimum atomic E-state index is -4.38. The van der Waals surface area contributed by atoms with Crippen molar-refractivity contribution in [3.63, 3.8) is 0 Å². The molecule has 0 spiro atoms. The molecule has 1 heterocycles. The van der Waals surface area contributed by atoms with E-state index in [4.69, 9.17) is 4.74 Å². The zero-order valence-corrected chi connectivity index (χ0v) is 25.8. The molecule has 3 aromatic carbocycles. The molecule has 10 heteroatoms. The molecule has 1 aromatic heterocycles. The minimum absolute atomic E-state index is 0.0111. The number of amides is 1. The molecule has 1 N–H and O–H groups in total. The third kappa shape index (κ3) is 7.12. The summed E-state index contributed by atoms with van der Waals surface area (Å²) >= 11 is 1.64. The van der Waals surface area contributed by atoms with Crippen molar-refractivity contribution in [2.24, 2.45) is 18.9 Å². The number of ether oxygens (including phenoxy) is 1. The highest BCUT2D eigenvalue weighted by atomic mass is 32.2. The van der Waals surface area contributed by atoms with Crippen LogP contribution in [0.1, 0.15) is 49.6 Å². The average Bonchev–Trinajstić information content (AvgIpc) is 3.24. The fourth-order valence-electron chi connectivity index (χ4n) is 6.03. The van der Waals surface area contributed by atoms with Gasteiger partial charge < -0.3 is 18.9 Å². The predicted octanol–water partition coefficient (Wildman–Crippen LogP) is 7.76. The van der Waals surface area contributed by atoms with Crippen molar-refractivity contribution in [2.45, 2.75) is 56.6 Å². The van der Waals surface area contributed by atoms with Gasteiger partial charge in [-0.2, -0.15) is 13.2 Å². The number of imidazole rings is 1. The number of nitrogens with one attached hydrogen (secondary N) is 1. The number of alkyl halides is 3. The van der Waals surface area contributed by atoms with Gasteiger partial charge in [-0.25, -0.2) is 4.98 Å². The quantitative estimate of drug-likeness (QED) is 0.207. The fraction of sp³-hybridized carbons (Fsp3) is 0.394. The monoisotopic (exact) mass is 610 g/mol. The molecule has 0 radical (unpaired) electrons. The third-order valence-electron chi connectivity index (χ3n) is 8.56. The van der Waals surface area contributed by atoms with Gasteiger partial charge in [0.1, 0.15) is 11.6 Å². The van der Waals surface area contributed by atoms with Gasteiger partial charge in [0, 0.05) is 37.6 Å². The van der Waals surface area contributed by atoms with Gasteiger partial charge in [-0.15, -0.1) is 0 Å². The first kappa shape index (κ1) is 30.8. The number of rotatable bonds is 8. The Morgan fingerprint density at radius 1 is 1.09 bits per heavy atom. The first-order chi connectivity index (χ1) is 20.4. The number of benzene rings is 3. The van der Waals surface area contributed by atoms with Gasteiger partial charge in [-0.05, 0) is 110 Å². The smallest absolute Gasteiger partial charge is 0.416 e. The molecule has 1 aliphatic carbocycles. The Hall–Kier alpha value is -3.66. The summed E-state index contributed by atoms with van der Waals surface area (Å²) in [6.07, 6.45) is -2.83. The van der Waals surface area contributed by atoms with Crippen molar-refractivity contribution in [3.05, 3.63) is 83.7 Å². The van der Waals surface area contributed by atoms with Crippen molar-refractivity contribution in [1.82, 2.24) is 14.9 Å². The van der Waals surface area contributed by atoms with Crippen molar-refractivity contribution in [1.29, 1.82) is 0 Å². The molecule has 2 unspecified atom stereocenters. The predicted molar refractivity (Wildman–Crippen MR) is 165 cm³/mol. The van der Waals surface area contributed by atoms with Crippen molar-refractivity contribution >= 4 is 34.6 Å². The van der Waals surface area contributed by atoms with E-state index < -0.39 is 11.7 Å². The van der Waals surface area contributed by atoms with Gasteiger partial charge in [0.05, 0.1) is 23.2 Å². The van der Waals surface area contributed by atoms with Gasteiger partial charge in [-0.1, -0.05) is 19.1 Å². The van der Waals surface area contributed by atoms with E-state index in [1.807, 2.05) is 21.0 Å². The maximum atomic E-state index is 12.9. The highest BCUT2D eigenvalue weighted by molar-refractivity contribution is 8.00. The van der Waals surface area contributed by atoms with E-state index >= 15 is 0 Å². The molecule has 5 rings (SSSR count). The first-order valence-corrected chi connectivity index (χ1v) is 15.2. The zero-order valence-electron chi connectivity index (χ0n) is 25.0. The Morgan fingerprint density at radius 3 is 2.44 bits per heavy atom. The van der Waals surface area contributed by atoms with E-state index in [0.717, 1.165) is 52.4 Å². The van der Waals surface area contributed by atoms with E-state index in [0.29, 0.717) is 12.4 Å². The number of hydrogen-bond donors (Lipinski definition) is 1. The van der Waals surface area contributed by atoms with Crippen LogP contribution < -0.4 is 14.4 Å². The zero-order chi connectivity index (χ0) is 30.9. The number of fused-ring (bicyclic) bond motifs is 1. The Kier molecular flexibility index (Phi) is 8.96. The Labute approximate surface area is 254 Å². The number of aromatic nitrogens is 2. The van der Waals surface area contributed by atoms with Crippen molar-refractivity contribution in [3.8, 4) is 5.75 Å². The second-order valence-corrected chi connectivity index (χ2v) is 12.7. The molecule has 0 saturated heterocycles. The lowest BCUT2D eigenvalue weighted by Crippen LogP contribution is -2.44. The lowest BCUT2D eigenvalue weighted by atomic mass is 9.68. The van der Waals surface area contributed by atoms with Crippen LogP contribution in [0.25, 0.3) is 11.0 Å². The highest BCUT2D eigenvalue weighted by Gasteiger charge is 2.37. The van der Waals surface area contributed by atoms with E-state index in [1.54, 1.807) is 11.9 Å². The fourth-order valence-corrected chi connectivity index (χ4v) is 6.87. The van der Waals surface area contributed by atoms with Gasteiger partial charge in [0.15, 0.2) is 0 Å². The maximum absolute atomic E-state index is 12.9. The molecular weight excluding hydrogens is 573 g/mol. The summed E-state index contributed by atoms with van der Waals surface area (Å²) in [4.78, 5) is 17.7. The molecule has 4 atom stereocenters. The van der Waals surface area contributed by atoms with Crippen LogP contribution in [0.2, 0.25) is 0 Å². The van der Waals surface area contributed by atoms with Crippen molar-refractivity contribution < 1.29 is 22.7 Å². The largest absolute Gasteiger partial charge is 0.493 e. The molecule has 1 aliphatic rings. The molecule has 1 amide bonds. The number of hydrogen-bond acceptors (Lipinski definition) is 5. The Bertz CT molecular complexity index is 1570. The number of halogens is 3. The molecule has 228 valence electrons. The molecule has 43 heavy (non-hydrogen) atoms. The van der Waals surface area contributed by atoms with Crippen molar-refractivity contribution in [2.75, 3.05) is 18.0 Å². The third-order valence-corrected chi connectivity index (χ3v) is 9.51. The molecule has 6 nitrogen and oxygen atoms in total.